The molecule has 1 rings (SSSR count). The minimum atomic E-state index is -4.83. The second-order valence-electron chi connectivity index (χ2n) is 3.94. The van der Waals surface area contributed by atoms with E-state index in [9.17, 15) is 33.5 Å². The van der Waals surface area contributed by atoms with Crippen LogP contribution in [0.25, 0.3) is 0 Å². The molecule has 0 spiro atoms. The molecule has 2 atom stereocenters. The van der Waals surface area contributed by atoms with Crippen LogP contribution in [0.1, 0.15) is 23.7 Å². The molecule has 2 N–H and O–H groups in total. The smallest absolute Gasteiger partial charge is 0.389 e. The molecule has 0 fully saturated rings. The number of nitrogens with zero attached hydrogens (tertiary/aromatic N) is 2. The molecule has 0 saturated heterocycles. The van der Waals surface area contributed by atoms with E-state index in [4.69, 9.17) is 5.26 Å². The van der Waals surface area contributed by atoms with Crippen LogP contribution in [0.2, 0.25) is 0 Å². The van der Waals surface area contributed by atoms with E-state index in [0.717, 1.165) is 6.07 Å². The summed E-state index contributed by atoms with van der Waals surface area (Å²) in [4.78, 5) is 9.55. The normalized spacial score (nSPS) is 14.4. The van der Waals surface area contributed by atoms with E-state index in [1.807, 2.05) is 0 Å². The number of nitriles is 1. The van der Waals surface area contributed by atoms with Crippen LogP contribution >= 0.6 is 0 Å². The van der Waals surface area contributed by atoms with E-state index in [2.05, 4.69) is 0 Å². The van der Waals surface area contributed by atoms with Crippen LogP contribution in [0.3, 0.4) is 0 Å². The van der Waals surface area contributed by atoms with Gasteiger partial charge in [0, 0.05) is 12.1 Å². The minimum absolute atomic E-state index is 0.326. The Bertz CT molecular complexity index is 554. The van der Waals surface area contributed by atoms with Crippen LogP contribution in [-0.4, -0.2) is 21.2 Å². The Morgan fingerprint density at radius 3 is 2.40 bits per heavy atom. The zero-order valence-corrected chi connectivity index (χ0v) is 9.83. The zero-order chi connectivity index (χ0) is 15.5. The van der Waals surface area contributed by atoms with Gasteiger partial charge in [-0.2, -0.15) is 18.4 Å². The van der Waals surface area contributed by atoms with Gasteiger partial charge in [-0.05, 0) is 11.6 Å². The molecule has 9 heteroatoms. The summed E-state index contributed by atoms with van der Waals surface area (Å²) in [5, 5.41) is 37.9. The van der Waals surface area contributed by atoms with E-state index in [1.54, 1.807) is 0 Å². The third kappa shape index (κ3) is 3.66. The molecule has 6 nitrogen and oxygen atoms in total. The number of aliphatic hydroxyl groups excluding tert-OH is 2. The maximum absolute atomic E-state index is 12.6. The van der Waals surface area contributed by atoms with Crippen LogP contribution < -0.4 is 0 Å². The molecule has 0 aliphatic carbocycles. The average molecular weight is 290 g/mol. The van der Waals surface area contributed by atoms with Crippen LogP contribution in [0.4, 0.5) is 18.9 Å². The number of hydrogen-bond donors (Lipinski definition) is 2. The predicted molar refractivity (Wildman–Crippen MR) is 59.3 cm³/mol. The fourth-order valence-electron chi connectivity index (χ4n) is 1.50. The highest BCUT2D eigenvalue weighted by Gasteiger charge is 2.34. The third-order valence-electron chi connectivity index (χ3n) is 2.48. The Kier molecular flexibility index (Phi) is 4.65. The summed E-state index contributed by atoms with van der Waals surface area (Å²) in [5.74, 6) is 0. The summed E-state index contributed by atoms with van der Waals surface area (Å²) in [5.41, 5.74) is -2.66. The summed E-state index contributed by atoms with van der Waals surface area (Å²) in [6.07, 6.45) is -8.81. The molecule has 0 aliphatic rings. The number of non-ortho nitro benzene ring substituents is 1. The van der Waals surface area contributed by atoms with Crippen molar-refractivity contribution in [2.24, 2.45) is 0 Å². The Balaban J connectivity index is 3.29. The number of alkyl halides is 3. The molecule has 20 heavy (non-hydrogen) atoms. The molecule has 0 saturated carbocycles. The number of nitro groups is 1. The Labute approximate surface area is 110 Å². The Morgan fingerprint density at radius 1 is 1.35 bits per heavy atom. The highest BCUT2D eigenvalue weighted by atomic mass is 19.4. The highest BCUT2D eigenvalue weighted by Crippen LogP contribution is 2.34. The van der Waals surface area contributed by atoms with E-state index >= 15 is 0 Å². The van der Waals surface area contributed by atoms with Gasteiger partial charge in [0.25, 0.3) is 5.69 Å². The molecular formula is C11H9F3N2O4. The van der Waals surface area contributed by atoms with Crippen molar-refractivity contribution in [2.45, 2.75) is 24.8 Å². The first-order valence-electron chi connectivity index (χ1n) is 5.26. The van der Waals surface area contributed by atoms with Crippen LogP contribution in [0.5, 0.6) is 0 Å². The molecule has 108 valence electrons. The average Bonchev–Trinajstić information content (AvgIpc) is 2.36. The van der Waals surface area contributed by atoms with Crippen LogP contribution in [0.15, 0.2) is 18.2 Å². The van der Waals surface area contributed by atoms with Crippen molar-refractivity contribution >= 4 is 5.69 Å². The van der Waals surface area contributed by atoms with E-state index in [0.29, 0.717) is 12.1 Å². The first-order valence-corrected chi connectivity index (χ1v) is 5.26. The number of aliphatic hydroxyl groups is 2. The van der Waals surface area contributed by atoms with E-state index < -0.39 is 46.5 Å². The quantitative estimate of drug-likeness (QED) is 0.650. The van der Waals surface area contributed by atoms with Crippen molar-refractivity contribution in [1.82, 2.24) is 0 Å². The fraction of sp³-hybridized carbons (Fsp3) is 0.364. The molecular weight excluding hydrogens is 281 g/mol. The van der Waals surface area contributed by atoms with Crippen molar-refractivity contribution in [3.63, 3.8) is 0 Å². The zero-order valence-electron chi connectivity index (χ0n) is 9.83. The first kappa shape index (κ1) is 15.9. The van der Waals surface area contributed by atoms with Gasteiger partial charge in [0.1, 0.15) is 6.10 Å². The van der Waals surface area contributed by atoms with Crippen molar-refractivity contribution in [2.75, 3.05) is 0 Å². The molecule has 0 aliphatic heterocycles. The van der Waals surface area contributed by atoms with Gasteiger partial charge in [-0.25, -0.2) is 0 Å². The number of benzene rings is 1. The van der Waals surface area contributed by atoms with Gasteiger partial charge in [-0.1, -0.05) is 0 Å². The lowest BCUT2D eigenvalue weighted by Crippen LogP contribution is -2.18. The summed E-state index contributed by atoms with van der Waals surface area (Å²) >= 11 is 0. The monoisotopic (exact) mass is 290 g/mol. The first-order chi connectivity index (χ1) is 9.16. The maximum Gasteiger partial charge on any atom is 0.416 e. The van der Waals surface area contributed by atoms with Gasteiger partial charge in [0.2, 0.25) is 0 Å². The highest BCUT2D eigenvalue weighted by molar-refractivity contribution is 5.41. The van der Waals surface area contributed by atoms with Gasteiger partial charge < -0.3 is 10.2 Å². The predicted octanol–water partition coefficient (Wildman–Crippen LogP) is 1.92. The summed E-state index contributed by atoms with van der Waals surface area (Å²) in [6, 6.07) is 3.08. The third-order valence-corrected chi connectivity index (χ3v) is 2.48. The van der Waals surface area contributed by atoms with Crippen LogP contribution in [-0.2, 0) is 6.18 Å². The molecule has 1 aromatic rings. The van der Waals surface area contributed by atoms with Crippen molar-refractivity contribution in [3.8, 4) is 6.07 Å². The van der Waals surface area contributed by atoms with Crippen LogP contribution in [0, 0.1) is 21.4 Å². The van der Waals surface area contributed by atoms with Gasteiger partial charge in [0.05, 0.1) is 29.1 Å². The lowest BCUT2D eigenvalue weighted by molar-refractivity contribution is -0.385. The Morgan fingerprint density at radius 2 is 1.95 bits per heavy atom. The topological polar surface area (TPSA) is 107 Å². The van der Waals surface area contributed by atoms with Crippen molar-refractivity contribution < 1.29 is 28.3 Å². The SMILES string of the molecule is N#CCC(O)C(O)c1cc([N+](=O)[O-])cc(C(F)(F)F)c1. The maximum atomic E-state index is 12.6. The number of halogens is 3. The van der Waals surface area contributed by atoms with Crippen molar-refractivity contribution in [1.29, 1.82) is 5.26 Å². The lowest BCUT2D eigenvalue weighted by Gasteiger charge is -2.17. The summed E-state index contributed by atoms with van der Waals surface area (Å²) in [6.45, 7) is 0. The fourth-order valence-corrected chi connectivity index (χ4v) is 1.50. The molecule has 0 heterocycles. The molecule has 0 aromatic heterocycles. The number of nitro benzene ring substituents is 1. The summed E-state index contributed by atoms with van der Waals surface area (Å²) < 4.78 is 37.8. The largest absolute Gasteiger partial charge is 0.416 e. The second-order valence-corrected chi connectivity index (χ2v) is 3.94. The van der Waals surface area contributed by atoms with Gasteiger partial charge in [0.15, 0.2) is 0 Å². The van der Waals surface area contributed by atoms with Gasteiger partial charge in [-0.3, -0.25) is 10.1 Å². The Hall–Kier alpha value is -2.18. The minimum Gasteiger partial charge on any atom is -0.389 e. The standard InChI is InChI=1S/C11H9F3N2O4/c12-11(13,14)7-3-6(4-8(5-7)16(19)20)10(18)9(17)1-2-15/h3-5,9-10,17-18H,1H2. The second kappa shape index (κ2) is 5.85. The molecule has 1 aromatic carbocycles. The van der Waals surface area contributed by atoms with Gasteiger partial charge in [-0.15, -0.1) is 0 Å². The lowest BCUT2D eigenvalue weighted by atomic mass is 9.99. The number of hydrogen-bond acceptors (Lipinski definition) is 5. The molecule has 0 bridgehead atoms. The van der Waals surface area contributed by atoms with E-state index in [1.165, 1.54) is 6.07 Å². The summed E-state index contributed by atoms with van der Waals surface area (Å²) in [7, 11) is 0. The van der Waals surface area contributed by atoms with Gasteiger partial charge >= 0.3 is 6.18 Å². The molecule has 0 radical (unpaired) electrons. The number of rotatable bonds is 4. The van der Waals surface area contributed by atoms with Crippen molar-refractivity contribution in [3.05, 3.63) is 39.4 Å². The van der Waals surface area contributed by atoms with E-state index in [-0.39, 0.29) is 0 Å². The molecule has 0 amide bonds. The molecule has 2 unspecified atom stereocenters.